The first kappa shape index (κ1) is 21.1. The molecule has 2 aromatic carbocycles. The van der Waals surface area contributed by atoms with Crippen molar-refractivity contribution in [1.29, 1.82) is 0 Å². The first-order valence-corrected chi connectivity index (χ1v) is 10.2. The van der Waals surface area contributed by atoms with Crippen molar-refractivity contribution in [2.75, 3.05) is 14.2 Å². The molecule has 31 heavy (non-hydrogen) atoms. The average Bonchev–Trinajstić information content (AvgIpc) is 3.14. The van der Waals surface area contributed by atoms with Gasteiger partial charge in [0.05, 0.1) is 26.3 Å². The molecule has 4 rings (SSSR count). The molecule has 0 spiro atoms. The molecule has 8 nitrogen and oxygen atoms in total. The number of carbonyl (C=O) groups is 1. The first-order chi connectivity index (χ1) is 15.0. The van der Waals surface area contributed by atoms with Crippen molar-refractivity contribution in [3.8, 4) is 17.2 Å². The highest BCUT2D eigenvalue weighted by Gasteiger charge is 2.36. The predicted octanol–water partition coefficient (Wildman–Crippen LogP) is 4.14. The monoisotopic (exact) mass is 443 g/mol. The highest BCUT2D eigenvalue weighted by atomic mass is 35.5. The fourth-order valence-electron chi connectivity index (χ4n) is 3.93. The molecule has 0 saturated heterocycles. The number of ether oxygens (including phenoxy) is 3. The van der Waals surface area contributed by atoms with E-state index >= 15 is 0 Å². The number of carboxylic acids is 1. The second-order valence-electron chi connectivity index (χ2n) is 7.05. The van der Waals surface area contributed by atoms with Gasteiger partial charge in [-0.15, -0.1) is 10.2 Å². The molecule has 0 amide bonds. The van der Waals surface area contributed by atoms with Crippen molar-refractivity contribution in [3.63, 3.8) is 0 Å². The van der Waals surface area contributed by atoms with Gasteiger partial charge in [-0.2, -0.15) is 0 Å². The number of aliphatic carboxylic acids is 1. The lowest BCUT2D eigenvalue weighted by Gasteiger charge is -2.24. The number of halogens is 1. The summed E-state index contributed by atoms with van der Waals surface area (Å²) in [6, 6.07) is 10.9. The summed E-state index contributed by atoms with van der Waals surface area (Å²) in [5, 5.41) is 18.6. The van der Waals surface area contributed by atoms with Crippen LogP contribution in [0.3, 0.4) is 0 Å². The van der Waals surface area contributed by atoms with Crippen molar-refractivity contribution in [1.82, 2.24) is 14.8 Å². The summed E-state index contributed by atoms with van der Waals surface area (Å²) in [4.78, 5) is 11.7. The molecule has 1 aromatic heterocycles. The van der Waals surface area contributed by atoms with Crippen LogP contribution < -0.4 is 9.47 Å². The Morgan fingerprint density at radius 2 is 2.00 bits per heavy atom. The van der Waals surface area contributed by atoms with E-state index in [1.165, 1.54) is 0 Å². The summed E-state index contributed by atoms with van der Waals surface area (Å²) in [5.74, 6) is 1.18. The van der Waals surface area contributed by atoms with E-state index in [1.807, 2.05) is 35.8 Å². The fourth-order valence-corrected chi connectivity index (χ4v) is 4.11. The number of hydrogen-bond donors (Lipinski definition) is 1. The molecular weight excluding hydrogens is 422 g/mol. The highest BCUT2D eigenvalue weighted by molar-refractivity contribution is 6.30. The van der Waals surface area contributed by atoms with E-state index in [9.17, 15) is 9.90 Å². The lowest BCUT2D eigenvalue weighted by atomic mass is 9.98. The molecule has 3 aromatic rings. The van der Waals surface area contributed by atoms with Crippen molar-refractivity contribution < 1.29 is 24.1 Å². The first-order valence-electron chi connectivity index (χ1n) is 9.80. The fraction of sp³-hybridized carbons (Fsp3) is 0.318. The maximum Gasteiger partial charge on any atom is 0.306 e. The summed E-state index contributed by atoms with van der Waals surface area (Å²) in [5.41, 5.74) is 2.23. The quantitative estimate of drug-likeness (QED) is 0.611. The van der Waals surface area contributed by atoms with Gasteiger partial charge in [-0.25, -0.2) is 0 Å². The lowest BCUT2D eigenvalue weighted by molar-refractivity contribution is -0.141. The molecule has 2 atom stereocenters. The van der Waals surface area contributed by atoms with E-state index in [0.717, 1.165) is 11.3 Å². The smallest absolute Gasteiger partial charge is 0.306 e. The summed E-state index contributed by atoms with van der Waals surface area (Å²) >= 11 is 6.36. The molecular formula is C22H22ClN3O5. The van der Waals surface area contributed by atoms with E-state index in [1.54, 1.807) is 26.4 Å². The lowest BCUT2D eigenvalue weighted by Crippen LogP contribution is -2.15. The SMILES string of the molecule is CCc1nnc2n1-c1ccc(Cl)cc1C(c1cccc(OC)c1OC)OC2CC(=O)O. The maximum absolute atomic E-state index is 11.7. The Labute approximate surface area is 184 Å². The third-order valence-corrected chi connectivity index (χ3v) is 5.48. The molecule has 1 aliphatic rings. The van der Waals surface area contributed by atoms with Crippen LogP contribution in [-0.4, -0.2) is 40.1 Å². The topological polar surface area (TPSA) is 95.7 Å². The van der Waals surface area contributed by atoms with Crippen LogP contribution in [-0.2, 0) is 16.0 Å². The normalized spacial score (nSPS) is 17.4. The maximum atomic E-state index is 11.7. The van der Waals surface area contributed by atoms with Crippen molar-refractivity contribution in [2.45, 2.75) is 32.0 Å². The van der Waals surface area contributed by atoms with Gasteiger partial charge in [-0.05, 0) is 24.3 Å². The number of hydrogen-bond acceptors (Lipinski definition) is 6. The molecule has 9 heteroatoms. The largest absolute Gasteiger partial charge is 0.493 e. The van der Waals surface area contributed by atoms with E-state index in [2.05, 4.69) is 10.2 Å². The third kappa shape index (κ3) is 3.73. The van der Waals surface area contributed by atoms with Gasteiger partial charge >= 0.3 is 5.97 Å². The Kier molecular flexibility index (Phi) is 5.84. The molecule has 0 bridgehead atoms. The minimum atomic E-state index is -1.00. The molecule has 0 saturated carbocycles. The van der Waals surface area contributed by atoms with Crippen LogP contribution in [0.4, 0.5) is 0 Å². The summed E-state index contributed by atoms with van der Waals surface area (Å²) < 4.78 is 19.4. The van der Waals surface area contributed by atoms with Gasteiger partial charge in [-0.1, -0.05) is 30.7 Å². The second kappa shape index (κ2) is 8.56. The van der Waals surface area contributed by atoms with E-state index in [0.29, 0.717) is 40.2 Å². The molecule has 2 heterocycles. The van der Waals surface area contributed by atoms with Gasteiger partial charge in [0.2, 0.25) is 0 Å². The van der Waals surface area contributed by atoms with Crippen LogP contribution in [0.15, 0.2) is 36.4 Å². The van der Waals surface area contributed by atoms with Gasteiger partial charge in [0.15, 0.2) is 17.3 Å². The van der Waals surface area contributed by atoms with E-state index < -0.39 is 18.2 Å². The standard InChI is InChI=1S/C22H22ClN3O5/c1-4-18-24-25-22-17(11-19(27)28)31-20(13-6-5-7-16(29-2)21(13)30-3)14-10-12(23)8-9-15(14)26(18)22/h5-10,17,20H,4,11H2,1-3H3,(H,27,28). The summed E-state index contributed by atoms with van der Waals surface area (Å²) in [7, 11) is 3.11. The zero-order valence-corrected chi connectivity index (χ0v) is 18.1. The number of aromatic nitrogens is 3. The minimum Gasteiger partial charge on any atom is -0.493 e. The minimum absolute atomic E-state index is 0.271. The van der Waals surface area contributed by atoms with Crippen LogP contribution in [0.2, 0.25) is 5.02 Å². The Hall–Kier alpha value is -3.10. The van der Waals surface area contributed by atoms with Gasteiger partial charge in [0.1, 0.15) is 18.0 Å². The molecule has 162 valence electrons. The number of carboxylic acid groups (broad SMARTS) is 1. The van der Waals surface area contributed by atoms with Crippen LogP contribution in [0.25, 0.3) is 5.69 Å². The van der Waals surface area contributed by atoms with E-state index in [-0.39, 0.29) is 6.42 Å². The van der Waals surface area contributed by atoms with Crippen molar-refractivity contribution >= 4 is 17.6 Å². The number of fused-ring (bicyclic) bond motifs is 3. The summed E-state index contributed by atoms with van der Waals surface area (Å²) in [6.07, 6.45) is -1.17. The highest BCUT2D eigenvalue weighted by Crippen LogP contribution is 2.46. The Morgan fingerprint density at radius 3 is 2.68 bits per heavy atom. The predicted molar refractivity (Wildman–Crippen MR) is 113 cm³/mol. The molecule has 1 aliphatic heterocycles. The Balaban J connectivity index is 2.00. The van der Waals surface area contributed by atoms with Crippen LogP contribution >= 0.6 is 11.6 Å². The molecule has 1 N–H and O–H groups in total. The van der Waals surface area contributed by atoms with Crippen molar-refractivity contribution in [3.05, 3.63) is 64.2 Å². The van der Waals surface area contributed by atoms with Crippen LogP contribution in [0.5, 0.6) is 11.5 Å². The zero-order chi connectivity index (χ0) is 22.1. The molecule has 0 aliphatic carbocycles. The van der Waals surface area contributed by atoms with Gasteiger partial charge in [0, 0.05) is 22.6 Å². The Bertz CT molecular complexity index is 1130. The van der Waals surface area contributed by atoms with Crippen LogP contribution in [0, 0.1) is 0 Å². The number of aryl methyl sites for hydroxylation is 1. The van der Waals surface area contributed by atoms with Crippen molar-refractivity contribution in [2.24, 2.45) is 0 Å². The molecule has 0 radical (unpaired) electrons. The molecule has 2 unspecified atom stereocenters. The zero-order valence-electron chi connectivity index (χ0n) is 17.3. The third-order valence-electron chi connectivity index (χ3n) is 5.25. The number of rotatable bonds is 6. The number of para-hydroxylation sites is 1. The van der Waals surface area contributed by atoms with Gasteiger partial charge in [-0.3, -0.25) is 9.36 Å². The number of nitrogens with zero attached hydrogens (tertiary/aromatic N) is 3. The van der Waals surface area contributed by atoms with Gasteiger partial charge < -0.3 is 19.3 Å². The second-order valence-corrected chi connectivity index (χ2v) is 7.49. The molecule has 0 fully saturated rings. The van der Waals surface area contributed by atoms with Gasteiger partial charge in [0.25, 0.3) is 0 Å². The van der Waals surface area contributed by atoms with E-state index in [4.69, 9.17) is 25.8 Å². The van der Waals surface area contributed by atoms with Crippen LogP contribution in [0.1, 0.15) is 48.3 Å². The number of methoxy groups -OCH3 is 2. The number of benzene rings is 2. The summed E-state index contributed by atoms with van der Waals surface area (Å²) in [6.45, 7) is 1.97. The Morgan fingerprint density at radius 1 is 1.19 bits per heavy atom. The average molecular weight is 444 g/mol.